The number of halogens is 8. The number of alkyl halides is 4. The second-order valence-electron chi connectivity index (χ2n) is 1.67. The highest BCUT2D eigenvalue weighted by Gasteiger charge is 2.68. The summed E-state index contributed by atoms with van der Waals surface area (Å²) in [5.74, 6) is -10.9. The molecule has 0 aliphatic carbocycles. The number of rotatable bonds is 3. The third-order valence-electron chi connectivity index (χ3n) is 0.869. The fourth-order valence-electron chi connectivity index (χ4n) is 0.237. The Labute approximate surface area is 73.4 Å². The summed E-state index contributed by atoms with van der Waals surface area (Å²) in [6.45, 7) is 0. The van der Waals surface area contributed by atoms with Crippen molar-refractivity contribution in [3.63, 3.8) is 0 Å². The van der Waals surface area contributed by atoms with Gasteiger partial charge in [0.15, 0.2) is 0 Å². The first-order valence-electron chi connectivity index (χ1n) is 2.26. The summed E-state index contributed by atoms with van der Waals surface area (Å²) >= 11 is 7.96. The van der Waals surface area contributed by atoms with E-state index >= 15 is 0 Å². The van der Waals surface area contributed by atoms with Gasteiger partial charge in [-0.25, -0.2) is 8.78 Å². The fourth-order valence-corrected chi connectivity index (χ4v) is 0.475. The van der Waals surface area contributed by atoms with Gasteiger partial charge in [0.25, 0.3) is 0 Å². The smallest absolute Gasteiger partial charge is 0.214 e. The molecule has 0 bridgehead atoms. The second kappa shape index (κ2) is 3.49. The fraction of sp³-hybridized carbons (Fsp3) is 0.500. The maximum Gasteiger partial charge on any atom is 0.366 e. The minimum absolute atomic E-state index is 2.93. The van der Waals surface area contributed by atoms with Crippen LogP contribution in [0.1, 0.15) is 0 Å². The van der Waals surface area contributed by atoms with E-state index < -0.39 is 23.1 Å². The summed E-state index contributed by atoms with van der Waals surface area (Å²) in [5.41, 5.74) is -5.85. The molecule has 0 saturated heterocycles. The predicted octanol–water partition coefficient (Wildman–Crippen LogP) is 3.65. The molecule has 0 saturated carbocycles. The van der Waals surface area contributed by atoms with Crippen molar-refractivity contribution in [2.75, 3.05) is 0 Å². The lowest BCUT2D eigenvalue weighted by Gasteiger charge is -2.24. The second-order valence-corrected chi connectivity index (χ2v) is 2.33. The van der Waals surface area contributed by atoms with Crippen LogP contribution in [0.25, 0.3) is 0 Å². The Morgan fingerprint density at radius 2 is 0.917 bits per heavy atom. The van der Waals surface area contributed by atoms with Gasteiger partial charge in [0.2, 0.25) is 0 Å². The Morgan fingerprint density at radius 1 is 0.750 bits per heavy atom. The van der Waals surface area contributed by atoms with Crippen LogP contribution >= 0.6 is 23.2 Å². The third-order valence-corrected chi connectivity index (χ3v) is 1.34. The highest BCUT2D eigenvalue weighted by molar-refractivity contribution is 6.28. The van der Waals surface area contributed by atoms with Crippen molar-refractivity contribution in [2.24, 2.45) is 0 Å². The van der Waals surface area contributed by atoms with Gasteiger partial charge in [-0.05, 0) is 0 Å². The van der Waals surface area contributed by atoms with E-state index in [1.807, 2.05) is 0 Å². The predicted molar refractivity (Wildman–Crippen MR) is 30.3 cm³/mol. The summed E-state index contributed by atoms with van der Waals surface area (Å²) in [4.78, 5) is 0. The summed E-state index contributed by atoms with van der Waals surface area (Å²) in [6, 6.07) is 0. The summed E-state index contributed by atoms with van der Waals surface area (Å²) in [5, 5.41) is 0. The van der Waals surface area contributed by atoms with Gasteiger partial charge in [0.05, 0.1) is 0 Å². The van der Waals surface area contributed by atoms with Crippen LogP contribution in [0, 0.1) is 11.3 Å². The van der Waals surface area contributed by atoms with Gasteiger partial charge in [0.1, 0.15) is 0 Å². The highest BCUT2D eigenvalue weighted by Crippen LogP contribution is 2.50. The van der Waals surface area contributed by atoms with Gasteiger partial charge >= 0.3 is 23.1 Å². The molecule has 8 heteroatoms. The summed E-state index contributed by atoms with van der Waals surface area (Å²) in [7, 11) is 0. The third kappa shape index (κ3) is 1.90. The largest absolute Gasteiger partial charge is 0.366 e. The Balaban J connectivity index is 4.75. The molecule has 0 amide bonds. The van der Waals surface area contributed by atoms with Crippen LogP contribution in [-0.4, -0.2) is 11.8 Å². The van der Waals surface area contributed by atoms with E-state index in [9.17, 15) is 26.3 Å². The Hall–Kier alpha value is 0.160. The molecule has 0 unspecified atom stereocenters. The van der Waals surface area contributed by atoms with Gasteiger partial charge in [-0.15, -0.1) is 0 Å². The first-order valence-corrected chi connectivity index (χ1v) is 3.02. The van der Waals surface area contributed by atoms with Crippen LogP contribution in [0.15, 0.2) is 0 Å². The van der Waals surface area contributed by atoms with E-state index in [2.05, 4.69) is 23.2 Å². The standard InChI is InChI=1S/C4Cl2F6/c5-1(7)3(9,10)4(11,12)2(6)8. The monoisotopic (exact) mass is 232 g/mol. The van der Waals surface area contributed by atoms with Gasteiger partial charge < -0.3 is 0 Å². The quantitative estimate of drug-likeness (QED) is 0.652. The van der Waals surface area contributed by atoms with Crippen molar-refractivity contribution in [3.05, 3.63) is 11.3 Å². The van der Waals surface area contributed by atoms with E-state index in [4.69, 9.17) is 0 Å². The van der Waals surface area contributed by atoms with E-state index in [0.29, 0.717) is 0 Å². The minimum Gasteiger partial charge on any atom is -0.214 e. The molecular weight excluding hydrogens is 233 g/mol. The first kappa shape index (κ1) is 12.2. The summed E-state index contributed by atoms with van der Waals surface area (Å²) in [6.07, 6.45) is 0. The molecule has 12 heavy (non-hydrogen) atoms. The van der Waals surface area contributed by atoms with E-state index in [-0.39, 0.29) is 0 Å². The summed E-state index contributed by atoms with van der Waals surface area (Å²) < 4.78 is 70.8. The molecule has 0 atom stereocenters. The van der Waals surface area contributed by atoms with E-state index in [0.717, 1.165) is 0 Å². The average molecular weight is 233 g/mol. The van der Waals surface area contributed by atoms with Crippen LogP contribution in [0.2, 0.25) is 0 Å². The van der Waals surface area contributed by atoms with Crippen molar-refractivity contribution in [2.45, 2.75) is 11.8 Å². The molecule has 0 aromatic heterocycles. The maximum atomic E-state index is 11.9. The molecular formula is C4Cl2F6. The lowest BCUT2D eigenvalue weighted by Crippen LogP contribution is -2.44. The Bertz CT molecular complexity index is 138. The van der Waals surface area contributed by atoms with E-state index in [1.54, 1.807) is 0 Å². The zero-order valence-electron chi connectivity index (χ0n) is 5.02. The Kier molecular flexibility index (Phi) is 3.54. The minimum atomic E-state index is -5.44. The zero-order chi connectivity index (χ0) is 10.2. The van der Waals surface area contributed by atoms with Crippen LogP contribution in [0.5, 0.6) is 0 Å². The van der Waals surface area contributed by atoms with Crippen molar-refractivity contribution in [1.82, 2.24) is 0 Å². The molecule has 0 aromatic rings. The first-order chi connectivity index (χ1) is 5.14. The van der Waals surface area contributed by atoms with Crippen molar-refractivity contribution >= 4 is 23.2 Å². The molecule has 2 radical (unpaired) electrons. The molecule has 0 N–H and O–H groups in total. The molecule has 72 valence electrons. The lowest BCUT2D eigenvalue weighted by molar-refractivity contribution is -0.197. The van der Waals surface area contributed by atoms with Crippen LogP contribution in [-0.2, 0) is 0 Å². The molecule has 0 heterocycles. The zero-order valence-corrected chi connectivity index (χ0v) is 6.54. The normalized spacial score (nSPS) is 14.5. The van der Waals surface area contributed by atoms with E-state index in [1.165, 1.54) is 0 Å². The topological polar surface area (TPSA) is 0 Å². The van der Waals surface area contributed by atoms with Crippen molar-refractivity contribution in [3.8, 4) is 0 Å². The average Bonchev–Trinajstić information content (AvgIpc) is 1.86. The Morgan fingerprint density at radius 3 is 1.00 bits per heavy atom. The van der Waals surface area contributed by atoms with Crippen molar-refractivity contribution in [1.29, 1.82) is 0 Å². The number of hydrogen-bond acceptors (Lipinski definition) is 0. The van der Waals surface area contributed by atoms with Crippen molar-refractivity contribution < 1.29 is 26.3 Å². The molecule has 0 fully saturated rings. The molecule has 0 aliphatic rings. The van der Waals surface area contributed by atoms with Gasteiger partial charge in [-0.1, -0.05) is 23.2 Å². The molecule has 0 spiro atoms. The number of hydrogen-bond donors (Lipinski definition) is 0. The van der Waals surface area contributed by atoms with Crippen LogP contribution in [0.3, 0.4) is 0 Å². The van der Waals surface area contributed by atoms with Crippen LogP contribution in [0.4, 0.5) is 26.3 Å². The SMILES string of the molecule is F[C](Cl)C(F)(F)C(F)(F)[C](F)Cl. The van der Waals surface area contributed by atoms with Crippen LogP contribution < -0.4 is 0 Å². The highest BCUT2D eigenvalue weighted by atomic mass is 35.5. The maximum absolute atomic E-state index is 11.9. The lowest BCUT2D eigenvalue weighted by atomic mass is 10.2. The van der Waals surface area contributed by atoms with Gasteiger partial charge in [0, 0.05) is 0 Å². The molecule has 0 aromatic carbocycles. The van der Waals surface area contributed by atoms with Gasteiger partial charge in [-0.2, -0.15) is 17.6 Å². The van der Waals surface area contributed by atoms with Gasteiger partial charge in [-0.3, -0.25) is 0 Å². The molecule has 0 aliphatic heterocycles. The molecule has 0 rings (SSSR count). The molecule has 0 nitrogen and oxygen atoms in total.